The lowest BCUT2D eigenvalue weighted by atomic mass is 9.87. The fourth-order valence-corrected chi connectivity index (χ4v) is 5.82. The monoisotopic (exact) mass is 473 g/mol. The molecule has 0 spiro atoms. The number of nitrogens with zero attached hydrogens (tertiary/aromatic N) is 3. The predicted octanol–water partition coefficient (Wildman–Crippen LogP) is 3.69. The molecule has 0 bridgehead atoms. The summed E-state index contributed by atoms with van der Waals surface area (Å²) < 4.78 is 0.729. The molecule has 2 N–H and O–H groups in total. The summed E-state index contributed by atoms with van der Waals surface area (Å²) in [6, 6.07) is 12.5. The van der Waals surface area contributed by atoms with Gasteiger partial charge in [-0.3, -0.25) is 19.8 Å². The fourth-order valence-electron chi connectivity index (χ4n) is 3.28. The molecule has 1 aliphatic rings. The zero-order chi connectivity index (χ0) is 21.8. The Morgan fingerprint density at radius 3 is 2.71 bits per heavy atom. The Bertz CT molecular complexity index is 1090. The summed E-state index contributed by atoms with van der Waals surface area (Å²) in [6.45, 7) is 1.43. The van der Waals surface area contributed by atoms with Gasteiger partial charge >= 0.3 is 6.03 Å². The van der Waals surface area contributed by atoms with Crippen LogP contribution in [0.25, 0.3) is 0 Å². The van der Waals surface area contributed by atoms with E-state index in [0.717, 1.165) is 15.0 Å². The summed E-state index contributed by atoms with van der Waals surface area (Å²) in [6.07, 6.45) is 0.376. The van der Waals surface area contributed by atoms with Gasteiger partial charge in [-0.1, -0.05) is 66.4 Å². The Labute approximate surface area is 191 Å². The van der Waals surface area contributed by atoms with Crippen LogP contribution in [0.3, 0.4) is 0 Å². The van der Waals surface area contributed by atoms with E-state index in [4.69, 9.17) is 0 Å². The standard InChI is InChI=1S/C20H19N5O3S3/c1-2-20(13-7-4-3-5-8-13)16(27)25(18(28)22-20)11-15(26)21-17-23-24-19(31-17)30-12-14-9-6-10-29-14/h3-10H,2,11-12H2,1H3,(H,22,28)(H,21,23,26). The molecule has 160 valence electrons. The molecule has 0 aliphatic carbocycles. The number of carbonyl (C=O) groups is 3. The SMILES string of the molecule is CCC1(c2ccccc2)NC(=O)N(CC(=O)Nc2nnc(SCc3cccs3)s2)C1=O. The first kappa shape index (κ1) is 21.5. The van der Waals surface area contributed by atoms with E-state index in [-0.39, 0.29) is 0 Å². The Balaban J connectivity index is 1.38. The van der Waals surface area contributed by atoms with Gasteiger partial charge in [0.2, 0.25) is 11.0 Å². The van der Waals surface area contributed by atoms with Gasteiger partial charge in [-0.05, 0) is 23.4 Å². The summed E-state index contributed by atoms with van der Waals surface area (Å²) >= 11 is 4.46. The number of amides is 4. The van der Waals surface area contributed by atoms with Crippen molar-refractivity contribution in [2.75, 3.05) is 11.9 Å². The molecule has 1 saturated heterocycles. The van der Waals surface area contributed by atoms with Crippen LogP contribution in [-0.2, 0) is 20.9 Å². The quantitative estimate of drug-likeness (QED) is 0.294. The van der Waals surface area contributed by atoms with Gasteiger partial charge in [0.15, 0.2) is 4.34 Å². The van der Waals surface area contributed by atoms with E-state index < -0.39 is 29.9 Å². The number of hydrogen-bond acceptors (Lipinski definition) is 8. The van der Waals surface area contributed by atoms with E-state index in [9.17, 15) is 14.4 Å². The Kier molecular flexibility index (Phi) is 6.35. The number of hydrogen-bond donors (Lipinski definition) is 2. The second kappa shape index (κ2) is 9.16. The highest BCUT2D eigenvalue weighted by atomic mass is 32.2. The van der Waals surface area contributed by atoms with E-state index >= 15 is 0 Å². The lowest BCUT2D eigenvalue weighted by Gasteiger charge is -2.25. The molecule has 11 heteroatoms. The van der Waals surface area contributed by atoms with Crippen LogP contribution in [0.4, 0.5) is 9.93 Å². The number of carbonyl (C=O) groups excluding carboxylic acids is 3. The van der Waals surface area contributed by atoms with E-state index in [1.165, 1.54) is 28.0 Å². The van der Waals surface area contributed by atoms with Gasteiger partial charge in [-0.2, -0.15) is 0 Å². The topological polar surface area (TPSA) is 104 Å². The maximum Gasteiger partial charge on any atom is 0.325 e. The van der Waals surface area contributed by atoms with E-state index in [2.05, 4.69) is 20.8 Å². The number of anilines is 1. The first-order valence-corrected chi connectivity index (χ1v) is 12.2. The minimum Gasteiger partial charge on any atom is -0.319 e. The lowest BCUT2D eigenvalue weighted by Crippen LogP contribution is -2.44. The highest BCUT2D eigenvalue weighted by Gasteiger charge is 2.51. The molecule has 1 atom stereocenters. The first-order chi connectivity index (χ1) is 15.0. The third kappa shape index (κ3) is 4.48. The van der Waals surface area contributed by atoms with Crippen LogP contribution in [0, 0.1) is 0 Å². The van der Waals surface area contributed by atoms with Crippen LogP contribution in [0.15, 0.2) is 52.2 Å². The van der Waals surface area contributed by atoms with Gasteiger partial charge in [-0.15, -0.1) is 21.5 Å². The second-order valence-corrected chi connectivity index (χ2v) is 9.97. The molecule has 0 radical (unpaired) electrons. The molecule has 1 aromatic carbocycles. The minimum atomic E-state index is -1.16. The van der Waals surface area contributed by atoms with Crippen molar-refractivity contribution in [1.29, 1.82) is 0 Å². The third-order valence-electron chi connectivity index (χ3n) is 4.85. The minimum absolute atomic E-state index is 0.329. The molecule has 2 aromatic heterocycles. The number of urea groups is 1. The van der Waals surface area contributed by atoms with Gasteiger partial charge in [0.1, 0.15) is 12.1 Å². The van der Waals surface area contributed by atoms with Crippen molar-refractivity contribution in [3.05, 3.63) is 58.3 Å². The number of rotatable bonds is 8. The molecule has 1 unspecified atom stereocenters. The number of aromatic nitrogens is 2. The molecule has 8 nitrogen and oxygen atoms in total. The van der Waals surface area contributed by atoms with Gasteiger partial charge < -0.3 is 5.32 Å². The molecule has 3 heterocycles. The summed E-state index contributed by atoms with van der Waals surface area (Å²) in [4.78, 5) is 40.3. The number of imide groups is 1. The number of nitrogens with one attached hydrogen (secondary N) is 2. The van der Waals surface area contributed by atoms with Crippen molar-refractivity contribution in [3.8, 4) is 0 Å². The largest absolute Gasteiger partial charge is 0.325 e. The molecule has 31 heavy (non-hydrogen) atoms. The van der Waals surface area contributed by atoms with Crippen LogP contribution < -0.4 is 10.6 Å². The maximum absolute atomic E-state index is 13.1. The molecule has 1 aliphatic heterocycles. The number of thiophene rings is 1. The Morgan fingerprint density at radius 2 is 2.00 bits per heavy atom. The summed E-state index contributed by atoms with van der Waals surface area (Å²) in [5.74, 6) is -0.165. The van der Waals surface area contributed by atoms with Crippen molar-refractivity contribution in [3.63, 3.8) is 0 Å². The van der Waals surface area contributed by atoms with Crippen molar-refractivity contribution in [2.45, 2.75) is 29.0 Å². The van der Waals surface area contributed by atoms with Gasteiger partial charge in [-0.25, -0.2) is 4.79 Å². The number of benzene rings is 1. The normalized spacial score (nSPS) is 18.3. The van der Waals surface area contributed by atoms with Crippen LogP contribution in [-0.4, -0.2) is 39.5 Å². The molecule has 1 fully saturated rings. The number of thioether (sulfide) groups is 1. The Morgan fingerprint density at radius 1 is 1.19 bits per heavy atom. The van der Waals surface area contributed by atoms with Crippen LogP contribution in [0.2, 0.25) is 0 Å². The molecule has 3 aromatic rings. The van der Waals surface area contributed by atoms with E-state index in [1.807, 2.05) is 42.6 Å². The van der Waals surface area contributed by atoms with Crippen molar-refractivity contribution in [2.24, 2.45) is 0 Å². The molecule has 0 saturated carbocycles. The zero-order valence-corrected chi connectivity index (χ0v) is 19.0. The van der Waals surface area contributed by atoms with Crippen molar-refractivity contribution >= 4 is 57.4 Å². The average Bonchev–Trinajstić information content (AvgIpc) is 3.50. The highest BCUT2D eigenvalue weighted by molar-refractivity contribution is 8.00. The smallest absolute Gasteiger partial charge is 0.319 e. The van der Waals surface area contributed by atoms with Crippen molar-refractivity contribution < 1.29 is 14.4 Å². The molecular weight excluding hydrogens is 454 g/mol. The van der Waals surface area contributed by atoms with E-state index in [0.29, 0.717) is 17.1 Å². The predicted molar refractivity (Wildman–Crippen MR) is 121 cm³/mol. The summed E-state index contributed by atoms with van der Waals surface area (Å²) in [5.41, 5.74) is -0.470. The maximum atomic E-state index is 13.1. The second-order valence-electron chi connectivity index (χ2n) is 6.74. The summed E-state index contributed by atoms with van der Waals surface area (Å²) in [7, 11) is 0. The fraction of sp³-hybridized carbons (Fsp3) is 0.250. The van der Waals surface area contributed by atoms with Crippen molar-refractivity contribution in [1.82, 2.24) is 20.4 Å². The molecular formula is C20H19N5O3S3. The van der Waals surface area contributed by atoms with E-state index in [1.54, 1.807) is 23.5 Å². The lowest BCUT2D eigenvalue weighted by molar-refractivity contribution is -0.134. The van der Waals surface area contributed by atoms with Crippen LogP contribution in [0.5, 0.6) is 0 Å². The van der Waals surface area contributed by atoms with Gasteiger partial charge in [0.25, 0.3) is 5.91 Å². The molecule has 4 amide bonds. The van der Waals surface area contributed by atoms with Gasteiger partial charge in [0, 0.05) is 10.6 Å². The van der Waals surface area contributed by atoms with Crippen LogP contribution in [0.1, 0.15) is 23.8 Å². The van der Waals surface area contributed by atoms with Crippen LogP contribution >= 0.6 is 34.4 Å². The molecule has 4 rings (SSSR count). The Hall–Kier alpha value is -2.76. The highest BCUT2D eigenvalue weighted by Crippen LogP contribution is 2.33. The third-order valence-corrected chi connectivity index (χ3v) is 7.93. The summed E-state index contributed by atoms with van der Waals surface area (Å²) in [5, 5.41) is 15.8. The first-order valence-electron chi connectivity index (χ1n) is 9.50. The zero-order valence-electron chi connectivity index (χ0n) is 16.5. The van der Waals surface area contributed by atoms with Gasteiger partial charge in [0.05, 0.1) is 0 Å². The average molecular weight is 474 g/mol.